The Kier molecular flexibility index (Phi) is 1.47. The van der Waals surface area contributed by atoms with E-state index >= 15 is 0 Å². The lowest BCUT2D eigenvalue weighted by atomic mass is 10.3. The van der Waals surface area contributed by atoms with Crippen LogP contribution in [0.3, 0.4) is 0 Å². The monoisotopic (exact) mass is 123 g/mol. The Balaban J connectivity index is 3.07. The van der Waals surface area contributed by atoms with E-state index < -0.39 is 0 Å². The van der Waals surface area contributed by atoms with Gasteiger partial charge < -0.3 is 4.42 Å². The molecule has 0 N–H and O–H groups in total. The minimum atomic E-state index is 0.546. The van der Waals surface area contributed by atoms with Gasteiger partial charge in [0.15, 0.2) is 0 Å². The first-order valence-electron chi connectivity index (χ1n) is 2.45. The summed E-state index contributed by atoms with van der Waals surface area (Å²) in [7, 11) is 0. The normalized spacial score (nSPS) is 8.56. The molecular formula is C6H5NO2. The fraction of sp³-hybridized carbons (Fsp3) is 0.167. The van der Waals surface area contributed by atoms with Gasteiger partial charge in [-0.3, -0.25) is 0 Å². The average Bonchev–Trinajstić information content (AvgIpc) is 2.18. The van der Waals surface area contributed by atoms with Gasteiger partial charge in [0.2, 0.25) is 6.08 Å². The number of rotatable bonds is 1. The number of isocyanates is 1. The molecule has 0 spiro atoms. The molecule has 0 amide bonds. The molecule has 1 heterocycles. The highest BCUT2D eigenvalue weighted by atomic mass is 16.3. The second-order valence-corrected chi connectivity index (χ2v) is 1.64. The molecule has 0 atom stereocenters. The number of furan rings is 1. The van der Waals surface area contributed by atoms with Crippen molar-refractivity contribution in [3.8, 4) is 0 Å². The number of hydrogen-bond acceptors (Lipinski definition) is 3. The topological polar surface area (TPSA) is 42.6 Å². The molecule has 1 rings (SSSR count). The van der Waals surface area contributed by atoms with E-state index in [4.69, 9.17) is 4.42 Å². The lowest BCUT2D eigenvalue weighted by Crippen LogP contribution is -1.59. The van der Waals surface area contributed by atoms with Crippen LogP contribution in [-0.4, -0.2) is 6.08 Å². The minimum Gasteiger partial charge on any atom is -0.470 e. The van der Waals surface area contributed by atoms with Crippen LogP contribution in [0.4, 0.5) is 5.69 Å². The summed E-state index contributed by atoms with van der Waals surface area (Å²) in [6.45, 7) is 1.81. The zero-order valence-electron chi connectivity index (χ0n) is 4.92. The molecule has 0 unspecified atom stereocenters. The zero-order chi connectivity index (χ0) is 6.69. The van der Waals surface area contributed by atoms with Crippen molar-refractivity contribution in [3.63, 3.8) is 0 Å². The largest absolute Gasteiger partial charge is 0.470 e. The molecule has 3 heteroatoms. The van der Waals surface area contributed by atoms with E-state index in [1.54, 1.807) is 6.92 Å². The molecule has 0 saturated heterocycles. The maximum atomic E-state index is 9.69. The van der Waals surface area contributed by atoms with Crippen LogP contribution >= 0.6 is 0 Å². The van der Waals surface area contributed by atoms with E-state index in [0.29, 0.717) is 5.69 Å². The molecule has 1 aromatic rings. The number of nitrogens with zero attached hydrogens (tertiary/aromatic N) is 1. The van der Waals surface area contributed by atoms with Gasteiger partial charge in [-0.1, -0.05) is 0 Å². The van der Waals surface area contributed by atoms with Crippen LogP contribution < -0.4 is 0 Å². The van der Waals surface area contributed by atoms with Gasteiger partial charge in [0.25, 0.3) is 0 Å². The highest BCUT2D eigenvalue weighted by Gasteiger charge is 1.95. The lowest BCUT2D eigenvalue weighted by Gasteiger charge is -1.77. The average molecular weight is 123 g/mol. The molecule has 0 bridgehead atoms. The molecule has 0 aliphatic heterocycles. The van der Waals surface area contributed by atoms with Crippen molar-refractivity contribution in [2.75, 3.05) is 0 Å². The number of aliphatic imine (C=N–C) groups is 1. The van der Waals surface area contributed by atoms with Gasteiger partial charge in [0.05, 0.1) is 6.26 Å². The van der Waals surface area contributed by atoms with Gasteiger partial charge in [-0.05, 0) is 6.92 Å². The Bertz CT molecular complexity index is 245. The summed E-state index contributed by atoms with van der Waals surface area (Å²) in [6, 6.07) is 0. The van der Waals surface area contributed by atoms with Crippen LogP contribution in [0.2, 0.25) is 0 Å². The van der Waals surface area contributed by atoms with Crippen molar-refractivity contribution in [2.45, 2.75) is 6.92 Å². The fourth-order valence-corrected chi connectivity index (χ4v) is 0.518. The van der Waals surface area contributed by atoms with Crippen molar-refractivity contribution < 1.29 is 9.21 Å². The second-order valence-electron chi connectivity index (χ2n) is 1.64. The number of hydrogen-bond donors (Lipinski definition) is 0. The standard InChI is InChI=1S/C6H5NO2/c1-5-2-9-3-6(5)7-4-8/h2-3H,1H3. The predicted octanol–water partition coefficient (Wildman–Crippen LogP) is 1.56. The first-order chi connectivity index (χ1) is 4.34. The molecule has 46 valence electrons. The first-order valence-corrected chi connectivity index (χ1v) is 2.45. The summed E-state index contributed by atoms with van der Waals surface area (Å²) in [4.78, 5) is 13.1. The zero-order valence-corrected chi connectivity index (χ0v) is 4.92. The summed E-state index contributed by atoms with van der Waals surface area (Å²) in [6.07, 6.45) is 4.35. The van der Waals surface area contributed by atoms with Crippen LogP contribution in [0.5, 0.6) is 0 Å². The summed E-state index contributed by atoms with van der Waals surface area (Å²) < 4.78 is 4.73. The summed E-state index contributed by atoms with van der Waals surface area (Å²) in [5, 5.41) is 0. The van der Waals surface area contributed by atoms with Crippen LogP contribution in [0, 0.1) is 6.92 Å². The highest BCUT2D eigenvalue weighted by molar-refractivity contribution is 5.50. The van der Waals surface area contributed by atoms with E-state index in [-0.39, 0.29) is 0 Å². The summed E-state index contributed by atoms with van der Waals surface area (Å²) in [5.74, 6) is 0. The van der Waals surface area contributed by atoms with Crippen LogP contribution in [-0.2, 0) is 4.79 Å². The number of carbonyl (C=O) groups excluding carboxylic acids is 1. The lowest BCUT2D eigenvalue weighted by molar-refractivity contribution is 0.561. The molecule has 3 nitrogen and oxygen atoms in total. The number of aryl methyl sites for hydroxylation is 1. The second kappa shape index (κ2) is 2.29. The Labute approximate surface area is 52.0 Å². The van der Waals surface area contributed by atoms with Gasteiger partial charge in [0, 0.05) is 5.56 Å². The molecular weight excluding hydrogens is 118 g/mol. The predicted molar refractivity (Wildman–Crippen MR) is 31.2 cm³/mol. The molecule has 0 saturated carbocycles. The molecule has 0 aromatic carbocycles. The van der Waals surface area contributed by atoms with E-state index in [2.05, 4.69) is 4.99 Å². The smallest absolute Gasteiger partial charge is 0.240 e. The van der Waals surface area contributed by atoms with Crippen molar-refractivity contribution in [1.29, 1.82) is 0 Å². The van der Waals surface area contributed by atoms with Crippen molar-refractivity contribution in [1.82, 2.24) is 0 Å². The van der Waals surface area contributed by atoms with Gasteiger partial charge in [0.1, 0.15) is 12.0 Å². The Morgan fingerprint density at radius 1 is 1.67 bits per heavy atom. The van der Waals surface area contributed by atoms with Gasteiger partial charge in [-0.25, -0.2) is 4.79 Å². The molecule has 1 aromatic heterocycles. The fourth-order valence-electron chi connectivity index (χ4n) is 0.518. The SMILES string of the molecule is Cc1cocc1N=C=O. The maximum Gasteiger partial charge on any atom is 0.240 e. The van der Waals surface area contributed by atoms with E-state index in [9.17, 15) is 4.79 Å². The molecule has 0 radical (unpaired) electrons. The van der Waals surface area contributed by atoms with Crippen molar-refractivity contribution in [3.05, 3.63) is 18.1 Å². The molecule has 0 aliphatic rings. The summed E-state index contributed by atoms with van der Waals surface area (Å²) >= 11 is 0. The Hall–Kier alpha value is -1.34. The van der Waals surface area contributed by atoms with Crippen molar-refractivity contribution >= 4 is 11.8 Å². The van der Waals surface area contributed by atoms with E-state index in [1.165, 1.54) is 18.6 Å². The van der Waals surface area contributed by atoms with E-state index in [0.717, 1.165) is 5.56 Å². The highest BCUT2D eigenvalue weighted by Crippen LogP contribution is 2.17. The first kappa shape index (κ1) is 5.79. The Morgan fingerprint density at radius 2 is 2.44 bits per heavy atom. The third-order valence-corrected chi connectivity index (χ3v) is 0.995. The molecule has 9 heavy (non-hydrogen) atoms. The maximum absolute atomic E-state index is 9.69. The third kappa shape index (κ3) is 1.06. The third-order valence-electron chi connectivity index (χ3n) is 0.995. The van der Waals surface area contributed by atoms with Crippen LogP contribution in [0.1, 0.15) is 5.56 Å². The van der Waals surface area contributed by atoms with Crippen molar-refractivity contribution in [2.24, 2.45) is 4.99 Å². The summed E-state index contributed by atoms with van der Waals surface area (Å²) in [5.41, 5.74) is 1.39. The quantitative estimate of drug-likeness (QED) is 0.420. The van der Waals surface area contributed by atoms with Gasteiger partial charge in [-0.15, -0.1) is 0 Å². The van der Waals surface area contributed by atoms with E-state index in [1.807, 2.05) is 0 Å². The van der Waals surface area contributed by atoms with Crippen LogP contribution in [0.15, 0.2) is 21.9 Å². The molecule has 0 fully saturated rings. The Morgan fingerprint density at radius 3 is 2.89 bits per heavy atom. The van der Waals surface area contributed by atoms with Crippen LogP contribution in [0.25, 0.3) is 0 Å². The van der Waals surface area contributed by atoms with Gasteiger partial charge >= 0.3 is 0 Å². The van der Waals surface area contributed by atoms with Gasteiger partial charge in [-0.2, -0.15) is 4.99 Å². The molecule has 0 aliphatic carbocycles. The minimum absolute atomic E-state index is 0.546.